The molecule has 0 N–H and O–H groups in total. The van der Waals surface area contributed by atoms with E-state index in [4.69, 9.17) is 4.74 Å². The Morgan fingerprint density at radius 1 is 1.33 bits per heavy atom. The summed E-state index contributed by atoms with van der Waals surface area (Å²) >= 11 is 0. The first-order valence-electron chi connectivity index (χ1n) is 6.60. The monoisotopic (exact) mass is 247 g/mol. The molecule has 0 bridgehead atoms. The fourth-order valence-electron chi connectivity index (χ4n) is 2.64. The van der Waals surface area contributed by atoms with Crippen molar-refractivity contribution in [2.24, 2.45) is 5.41 Å². The molecular weight excluding hydrogens is 226 g/mol. The molecule has 3 nitrogen and oxygen atoms in total. The van der Waals surface area contributed by atoms with E-state index in [1.54, 1.807) is 0 Å². The zero-order chi connectivity index (χ0) is 13.0. The van der Waals surface area contributed by atoms with Gasteiger partial charge in [-0.25, -0.2) is 0 Å². The maximum absolute atomic E-state index is 11.9. The Morgan fingerprint density at radius 3 is 2.44 bits per heavy atom. The summed E-state index contributed by atoms with van der Waals surface area (Å²) in [6.07, 6.45) is 3.02. The number of anilines is 1. The van der Waals surface area contributed by atoms with Crippen LogP contribution in [0.1, 0.15) is 26.2 Å². The van der Waals surface area contributed by atoms with E-state index in [0.29, 0.717) is 0 Å². The average Bonchev–Trinajstić information content (AvgIpc) is 2.38. The van der Waals surface area contributed by atoms with Crippen LogP contribution in [0.3, 0.4) is 0 Å². The normalized spacial score (nSPS) is 16.8. The first-order valence-corrected chi connectivity index (χ1v) is 6.60. The summed E-state index contributed by atoms with van der Waals surface area (Å²) in [4.78, 5) is 14.2. The van der Waals surface area contributed by atoms with Crippen molar-refractivity contribution in [3.8, 4) is 0 Å². The second-order valence-electron chi connectivity index (χ2n) is 4.98. The molecule has 98 valence electrons. The Kier molecular flexibility index (Phi) is 3.90. The third-order valence-corrected chi connectivity index (χ3v) is 3.93. The molecule has 1 aliphatic rings. The highest BCUT2D eigenvalue weighted by Gasteiger charge is 2.46. The number of nitrogens with zero attached hydrogens (tertiary/aromatic N) is 1. The molecule has 0 aliphatic heterocycles. The molecule has 0 saturated heterocycles. The van der Waals surface area contributed by atoms with Gasteiger partial charge in [0.2, 0.25) is 0 Å². The molecule has 18 heavy (non-hydrogen) atoms. The van der Waals surface area contributed by atoms with Gasteiger partial charge in [-0.1, -0.05) is 24.6 Å². The first kappa shape index (κ1) is 12.9. The highest BCUT2D eigenvalue weighted by Crippen LogP contribution is 2.43. The van der Waals surface area contributed by atoms with Gasteiger partial charge in [0.15, 0.2) is 0 Å². The van der Waals surface area contributed by atoms with Crippen LogP contribution in [-0.2, 0) is 9.53 Å². The number of methoxy groups -OCH3 is 1. The van der Waals surface area contributed by atoms with Crippen molar-refractivity contribution >= 4 is 11.7 Å². The number of esters is 1. The lowest BCUT2D eigenvalue weighted by atomic mass is 9.68. The van der Waals surface area contributed by atoms with Crippen molar-refractivity contribution in [3.63, 3.8) is 0 Å². The smallest absolute Gasteiger partial charge is 0.313 e. The molecule has 0 spiro atoms. The van der Waals surface area contributed by atoms with Crippen LogP contribution in [0.5, 0.6) is 0 Å². The van der Waals surface area contributed by atoms with Crippen LogP contribution in [-0.4, -0.2) is 26.2 Å². The lowest BCUT2D eigenvalue weighted by Crippen LogP contribution is -2.48. The Morgan fingerprint density at radius 2 is 2.00 bits per heavy atom. The molecule has 1 saturated carbocycles. The van der Waals surface area contributed by atoms with E-state index in [1.807, 2.05) is 18.2 Å². The minimum atomic E-state index is -0.277. The fourth-order valence-corrected chi connectivity index (χ4v) is 2.64. The van der Waals surface area contributed by atoms with Crippen molar-refractivity contribution in [3.05, 3.63) is 30.3 Å². The van der Waals surface area contributed by atoms with E-state index in [2.05, 4.69) is 24.0 Å². The van der Waals surface area contributed by atoms with Gasteiger partial charge < -0.3 is 9.64 Å². The molecule has 1 aromatic carbocycles. The Hall–Kier alpha value is -1.51. The van der Waals surface area contributed by atoms with Crippen molar-refractivity contribution < 1.29 is 9.53 Å². The minimum absolute atomic E-state index is 0.0527. The number of ether oxygens (including phenoxy) is 1. The number of carbonyl (C=O) groups excluding carboxylic acids is 1. The van der Waals surface area contributed by atoms with Gasteiger partial charge in [-0.05, 0) is 31.9 Å². The summed E-state index contributed by atoms with van der Waals surface area (Å²) in [5.74, 6) is -0.0527. The van der Waals surface area contributed by atoms with Crippen LogP contribution >= 0.6 is 0 Å². The summed E-state index contributed by atoms with van der Waals surface area (Å²) in [6.45, 7) is 3.79. The van der Waals surface area contributed by atoms with Gasteiger partial charge in [0.1, 0.15) is 0 Å². The number of hydrogen-bond acceptors (Lipinski definition) is 3. The van der Waals surface area contributed by atoms with Gasteiger partial charge in [-0.3, -0.25) is 4.79 Å². The van der Waals surface area contributed by atoms with E-state index in [9.17, 15) is 4.79 Å². The van der Waals surface area contributed by atoms with Gasteiger partial charge in [0, 0.05) is 18.8 Å². The van der Waals surface area contributed by atoms with E-state index in [0.717, 1.165) is 32.4 Å². The van der Waals surface area contributed by atoms with Crippen molar-refractivity contribution in [2.75, 3.05) is 25.1 Å². The van der Waals surface area contributed by atoms with Crippen LogP contribution in [0.2, 0.25) is 0 Å². The number of hydrogen-bond donors (Lipinski definition) is 0. The Bertz CT molecular complexity index is 398. The number of para-hydroxylation sites is 1. The largest absolute Gasteiger partial charge is 0.469 e. The molecule has 3 heteroatoms. The first-order chi connectivity index (χ1) is 8.72. The summed E-state index contributed by atoms with van der Waals surface area (Å²) in [5, 5.41) is 0. The van der Waals surface area contributed by atoms with Crippen LogP contribution in [0.15, 0.2) is 30.3 Å². The molecule has 1 fully saturated rings. The van der Waals surface area contributed by atoms with Crippen molar-refractivity contribution in [2.45, 2.75) is 26.2 Å². The summed E-state index contributed by atoms with van der Waals surface area (Å²) < 4.78 is 4.97. The van der Waals surface area contributed by atoms with Crippen LogP contribution in [0.25, 0.3) is 0 Å². The second kappa shape index (κ2) is 5.42. The number of benzene rings is 1. The molecule has 1 aromatic rings. The third-order valence-electron chi connectivity index (χ3n) is 3.93. The Labute approximate surface area is 109 Å². The summed E-state index contributed by atoms with van der Waals surface area (Å²) in [6, 6.07) is 10.3. The summed E-state index contributed by atoms with van der Waals surface area (Å²) in [7, 11) is 1.49. The lowest BCUT2D eigenvalue weighted by Gasteiger charge is -2.42. The van der Waals surface area contributed by atoms with E-state index >= 15 is 0 Å². The van der Waals surface area contributed by atoms with Gasteiger partial charge in [-0.2, -0.15) is 0 Å². The van der Waals surface area contributed by atoms with Crippen molar-refractivity contribution in [1.82, 2.24) is 0 Å². The fraction of sp³-hybridized carbons (Fsp3) is 0.533. The van der Waals surface area contributed by atoms with Gasteiger partial charge in [0.05, 0.1) is 12.5 Å². The minimum Gasteiger partial charge on any atom is -0.469 e. The highest BCUT2D eigenvalue weighted by molar-refractivity contribution is 5.78. The molecule has 0 atom stereocenters. The molecule has 2 rings (SSSR count). The topological polar surface area (TPSA) is 29.5 Å². The molecule has 1 aliphatic carbocycles. The quantitative estimate of drug-likeness (QED) is 0.749. The number of carbonyl (C=O) groups is 1. The molecule has 0 unspecified atom stereocenters. The predicted octanol–water partition coefficient (Wildman–Crippen LogP) is 2.86. The lowest BCUT2D eigenvalue weighted by molar-refractivity contribution is -0.157. The van der Waals surface area contributed by atoms with Crippen molar-refractivity contribution in [1.29, 1.82) is 0 Å². The second-order valence-corrected chi connectivity index (χ2v) is 4.98. The molecule has 0 radical (unpaired) electrons. The highest BCUT2D eigenvalue weighted by atomic mass is 16.5. The van der Waals surface area contributed by atoms with Gasteiger partial charge in [0.25, 0.3) is 0 Å². The van der Waals surface area contributed by atoms with Crippen LogP contribution < -0.4 is 4.90 Å². The molecular formula is C15H21NO2. The average molecular weight is 247 g/mol. The SMILES string of the molecule is CCN(CC1(C(=O)OC)CCC1)c1ccccc1. The zero-order valence-electron chi connectivity index (χ0n) is 11.2. The van der Waals surface area contributed by atoms with Gasteiger partial charge in [-0.15, -0.1) is 0 Å². The van der Waals surface area contributed by atoms with E-state index in [1.165, 1.54) is 12.8 Å². The molecule has 0 aromatic heterocycles. The summed E-state index contributed by atoms with van der Waals surface area (Å²) in [5.41, 5.74) is 0.899. The van der Waals surface area contributed by atoms with E-state index < -0.39 is 0 Å². The maximum atomic E-state index is 11.9. The maximum Gasteiger partial charge on any atom is 0.313 e. The van der Waals surface area contributed by atoms with E-state index in [-0.39, 0.29) is 11.4 Å². The molecule has 0 heterocycles. The van der Waals surface area contributed by atoms with Crippen LogP contribution in [0, 0.1) is 5.41 Å². The van der Waals surface area contributed by atoms with Crippen LogP contribution in [0.4, 0.5) is 5.69 Å². The number of rotatable bonds is 5. The van der Waals surface area contributed by atoms with Gasteiger partial charge >= 0.3 is 5.97 Å². The Balaban J connectivity index is 2.13. The predicted molar refractivity (Wildman–Crippen MR) is 72.6 cm³/mol. The molecule has 0 amide bonds. The zero-order valence-corrected chi connectivity index (χ0v) is 11.2. The standard InChI is InChI=1S/C15H21NO2/c1-3-16(13-8-5-4-6-9-13)12-15(10-7-11-15)14(17)18-2/h4-6,8-9H,3,7,10-12H2,1-2H3. The third kappa shape index (κ3) is 2.35.